The molecule has 0 bridgehead atoms. The van der Waals surface area contributed by atoms with Crippen LogP contribution in [-0.2, 0) is 23.1 Å². The molecule has 0 aliphatic carbocycles. The molecule has 0 amide bonds. The number of aliphatic hydroxyl groups excluding tert-OH is 1. The van der Waals surface area contributed by atoms with Crippen molar-refractivity contribution in [3.63, 3.8) is 0 Å². The molecule has 0 radical (unpaired) electrons. The minimum atomic E-state index is -1.01. The van der Waals surface area contributed by atoms with Crippen LogP contribution in [0.4, 0.5) is 0 Å². The molecule has 1 atom stereocenters. The number of thioether (sulfide) groups is 1. The van der Waals surface area contributed by atoms with Gasteiger partial charge in [-0.05, 0) is 31.2 Å². The molecular weight excluding hydrogens is 448 g/mol. The van der Waals surface area contributed by atoms with E-state index in [0.717, 1.165) is 11.8 Å². The average molecular weight is 469 g/mol. The van der Waals surface area contributed by atoms with Gasteiger partial charge in [0, 0.05) is 12.1 Å². The van der Waals surface area contributed by atoms with Gasteiger partial charge in [-0.3, -0.25) is 19.1 Å². The van der Waals surface area contributed by atoms with Gasteiger partial charge < -0.3 is 19.1 Å². The second-order valence-corrected chi connectivity index (χ2v) is 7.89. The number of aryl methyl sites for hydroxylation is 1. The van der Waals surface area contributed by atoms with Crippen LogP contribution in [0.25, 0.3) is 11.2 Å². The van der Waals surface area contributed by atoms with Gasteiger partial charge in [-0.25, -0.2) is 9.78 Å². The molecule has 0 fully saturated rings. The van der Waals surface area contributed by atoms with Crippen LogP contribution < -0.4 is 16.0 Å². The summed E-state index contributed by atoms with van der Waals surface area (Å²) in [7, 11) is 1.47. The molecule has 1 aromatic carbocycles. The van der Waals surface area contributed by atoms with Gasteiger partial charge in [-0.2, -0.15) is 0 Å². The Morgan fingerprint density at radius 2 is 2.03 bits per heavy atom. The van der Waals surface area contributed by atoms with Crippen molar-refractivity contribution in [2.24, 2.45) is 7.05 Å². The third-order valence-corrected chi connectivity index (χ3v) is 5.45. The number of H-pyrrole nitrogens is 1. The first-order valence-corrected chi connectivity index (χ1v) is 10.7. The second-order valence-electron chi connectivity index (χ2n) is 6.51. The van der Waals surface area contributed by atoms with E-state index in [1.165, 1.54) is 16.2 Å². The predicted molar refractivity (Wildman–Crippen MR) is 116 cm³/mol. The molecular formula is C19H21ClN4O6S. The Morgan fingerprint density at radius 1 is 1.32 bits per heavy atom. The maximum absolute atomic E-state index is 12.5. The smallest absolute Gasteiger partial charge is 0.329 e. The number of hydrogen-bond acceptors (Lipinski definition) is 8. The standard InChI is InChI=1S/C19H21ClN4O6S/c1-3-29-14(26)10-31-19-21-16-15(17(27)22-18(28)23(16)2)24(19)8-12(25)9-30-13-6-4-11(20)5-7-13/h4-7,12,25H,3,8-10H2,1-2H3,(H,22,27,28)/t12-/m1/s1. The summed E-state index contributed by atoms with van der Waals surface area (Å²) < 4.78 is 13.1. The number of benzene rings is 1. The van der Waals surface area contributed by atoms with Crippen LogP contribution in [0.3, 0.4) is 0 Å². The number of carbonyl (C=O) groups excluding carboxylic acids is 1. The van der Waals surface area contributed by atoms with E-state index in [1.807, 2.05) is 0 Å². The maximum atomic E-state index is 12.5. The van der Waals surface area contributed by atoms with Crippen molar-refractivity contribution < 1.29 is 19.4 Å². The van der Waals surface area contributed by atoms with Gasteiger partial charge in [0.15, 0.2) is 16.3 Å². The SMILES string of the molecule is CCOC(=O)CSc1nc2c(c(=O)[nH]c(=O)n2C)n1C[C@@H](O)COc1ccc(Cl)cc1. The number of nitrogens with one attached hydrogen (secondary N) is 1. The fourth-order valence-corrected chi connectivity index (χ4v) is 3.74. The zero-order valence-corrected chi connectivity index (χ0v) is 18.4. The van der Waals surface area contributed by atoms with Crippen molar-refractivity contribution in [2.75, 3.05) is 19.0 Å². The number of hydrogen-bond donors (Lipinski definition) is 2. The number of esters is 1. The van der Waals surface area contributed by atoms with Gasteiger partial charge in [-0.15, -0.1) is 0 Å². The lowest BCUT2D eigenvalue weighted by Crippen LogP contribution is -2.30. The van der Waals surface area contributed by atoms with E-state index in [-0.39, 0.29) is 36.7 Å². The number of aromatic amines is 1. The largest absolute Gasteiger partial charge is 0.491 e. The van der Waals surface area contributed by atoms with E-state index >= 15 is 0 Å². The van der Waals surface area contributed by atoms with Gasteiger partial charge in [0.2, 0.25) is 0 Å². The van der Waals surface area contributed by atoms with Crippen molar-refractivity contribution in [1.29, 1.82) is 0 Å². The molecule has 3 aromatic rings. The number of halogens is 1. The summed E-state index contributed by atoms with van der Waals surface area (Å²) in [6, 6.07) is 6.67. The van der Waals surface area contributed by atoms with Crippen molar-refractivity contribution in [2.45, 2.75) is 24.7 Å². The van der Waals surface area contributed by atoms with Gasteiger partial charge in [0.25, 0.3) is 5.56 Å². The number of aliphatic hydroxyl groups is 1. The van der Waals surface area contributed by atoms with Crippen LogP contribution in [0.1, 0.15) is 6.92 Å². The molecule has 0 saturated heterocycles. The summed E-state index contributed by atoms with van der Waals surface area (Å²) in [5.41, 5.74) is -1.000. The van der Waals surface area contributed by atoms with Crippen molar-refractivity contribution >= 4 is 40.5 Å². The van der Waals surface area contributed by atoms with E-state index in [9.17, 15) is 19.5 Å². The molecule has 2 aromatic heterocycles. The van der Waals surface area contributed by atoms with Crippen molar-refractivity contribution in [3.8, 4) is 5.75 Å². The summed E-state index contributed by atoms with van der Waals surface area (Å²) in [5, 5.41) is 11.4. The zero-order chi connectivity index (χ0) is 22.5. The molecule has 0 aliphatic heterocycles. The number of carbonyl (C=O) groups is 1. The lowest BCUT2D eigenvalue weighted by Gasteiger charge is -2.15. The van der Waals surface area contributed by atoms with Crippen LogP contribution >= 0.6 is 23.4 Å². The fourth-order valence-electron chi connectivity index (χ4n) is 2.81. The minimum Gasteiger partial charge on any atom is -0.491 e. The van der Waals surface area contributed by atoms with Crippen LogP contribution in [0, 0.1) is 0 Å². The highest BCUT2D eigenvalue weighted by Crippen LogP contribution is 2.22. The molecule has 10 nitrogen and oxygen atoms in total. The van der Waals surface area contributed by atoms with Crippen LogP contribution in [0.15, 0.2) is 39.0 Å². The first-order valence-electron chi connectivity index (χ1n) is 9.34. The van der Waals surface area contributed by atoms with Gasteiger partial charge in [-0.1, -0.05) is 23.4 Å². The van der Waals surface area contributed by atoms with Crippen molar-refractivity contribution in [3.05, 3.63) is 50.1 Å². The molecule has 166 valence electrons. The number of imidazole rings is 1. The molecule has 31 heavy (non-hydrogen) atoms. The molecule has 2 N–H and O–H groups in total. The number of aromatic nitrogens is 4. The lowest BCUT2D eigenvalue weighted by molar-refractivity contribution is -0.139. The monoisotopic (exact) mass is 468 g/mol. The Bertz CT molecular complexity index is 1190. The van der Waals surface area contributed by atoms with E-state index in [2.05, 4.69) is 9.97 Å². The summed E-state index contributed by atoms with van der Waals surface area (Å²) in [6.07, 6.45) is -1.01. The first-order chi connectivity index (χ1) is 14.8. The Kier molecular flexibility index (Phi) is 7.42. The number of ether oxygens (including phenoxy) is 2. The van der Waals surface area contributed by atoms with E-state index in [4.69, 9.17) is 21.1 Å². The van der Waals surface area contributed by atoms with Gasteiger partial charge >= 0.3 is 11.7 Å². The molecule has 3 rings (SSSR count). The molecule has 2 heterocycles. The van der Waals surface area contributed by atoms with E-state index < -0.39 is 23.3 Å². The minimum absolute atomic E-state index is 0.0413. The van der Waals surface area contributed by atoms with Crippen molar-refractivity contribution in [1.82, 2.24) is 19.1 Å². The normalized spacial score (nSPS) is 12.1. The Hall–Kier alpha value is -2.76. The Balaban J connectivity index is 1.86. The summed E-state index contributed by atoms with van der Waals surface area (Å²) in [6.45, 7) is 1.83. The Labute approximate surface area is 185 Å². The highest BCUT2D eigenvalue weighted by atomic mass is 35.5. The number of nitrogens with zero attached hydrogens (tertiary/aromatic N) is 3. The fraction of sp³-hybridized carbons (Fsp3) is 0.368. The highest BCUT2D eigenvalue weighted by molar-refractivity contribution is 7.99. The summed E-state index contributed by atoms with van der Waals surface area (Å²) in [5.74, 6) is 0.0389. The second kappa shape index (κ2) is 10.0. The number of rotatable bonds is 9. The molecule has 0 saturated carbocycles. The third kappa shape index (κ3) is 5.49. The van der Waals surface area contributed by atoms with Crippen LogP contribution in [-0.4, -0.2) is 55.2 Å². The van der Waals surface area contributed by atoms with E-state index in [1.54, 1.807) is 31.2 Å². The molecule has 0 spiro atoms. The third-order valence-electron chi connectivity index (χ3n) is 4.25. The molecule has 12 heteroatoms. The van der Waals surface area contributed by atoms with Crippen LogP contribution in [0.2, 0.25) is 5.02 Å². The molecule has 0 aliphatic rings. The van der Waals surface area contributed by atoms with Crippen LogP contribution in [0.5, 0.6) is 5.75 Å². The topological polar surface area (TPSA) is 128 Å². The maximum Gasteiger partial charge on any atom is 0.329 e. The average Bonchev–Trinajstić information content (AvgIpc) is 3.09. The van der Waals surface area contributed by atoms with Gasteiger partial charge in [0.05, 0.1) is 18.9 Å². The zero-order valence-electron chi connectivity index (χ0n) is 16.8. The summed E-state index contributed by atoms with van der Waals surface area (Å²) >= 11 is 6.89. The Morgan fingerprint density at radius 3 is 2.71 bits per heavy atom. The quantitative estimate of drug-likeness (QED) is 0.354. The lowest BCUT2D eigenvalue weighted by atomic mass is 10.3. The highest BCUT2D eigenvalue weighted by Gasteiger charge is 2.21. The predicted octanol–water partition coefficient (Wildman–Crippen LogP) is 1.17. The first kappa shape index (κ1) is 22.9. The summed E-state index contributed by atoms with van der Waals surface area (Å²) in [4.78, 5) is 42.7. The molecule has 0 unspecified atom stereocenters. The van der Waals surface area contributed by atoms with E-state index in [0.29, 0.717) is 15.9 Å². The number of fused-ring (bicyclic) bond motifs is 1. The van der Waals surface area contributed by atoms with Gasteiger partial charge in [0.1, 0.15) is 18.5 Å².